The summed E-state index contributed by atoms with van der Waals surface area (Å²) >= 11 is 0. The summed E-state index contributed by atoms with van der Waals surface area (Å²) in [7, 11) is -4.03. The zero-order chi connectivity index (χ0) is 9.99. The van der Waals surface area contributed by atoms with Crippen molar-refractivity contribution in [2.75, 3.05) is 13.1 Å². The molecule has 12 heavy (non-hydrogen) atoms. The molecule has 0 amide bonds. The molecule has 0 aromatic carbocycles. The zero-order valence-electron chi connectivity index (χ0n) is 8.11. The Bertz CT molecular complexity index is 183. The van der Waals surface area contributed by atoms with E-state index in [9.17, 15) is 4.57 Å². The van der Waals surface area contributed by atoms with Crippen molar-refractivity contribution < 1.29 is 14.4 Å². The Labute approximate surface area is 73.7 Å². The van der Waals surface area contributed by atoms with E-state index in [-0.39, 0.29) is 0 Å². The van der Waals surface area contributed by atoms with Crippen LogP contribution in [0.1, 0.15) is 27.7 Å². The molecule has 0 rings (SSSR count). The van der Waals surface area contributed by atoms with Gasteiger partial charge in [-0.1, -0.05) is 13.8 Å². The van der Waals surface area contributed by atoms with Gasteiger partial charge in [0.25, 0.3) is 0 Å². The first-order chi connectivity index (χ1) is 5.27. The van der Waals surface area contributed by atoms with Gasteiger partial charge in [0.05, 0.1) is 0 Å². The van der Waals surface area contributed by atoms with E-state index in [4.69, 9.17) is 9.79 Å². The molecule has 0 unspecified atom stereocenters. The molecule has 2 N–H and O–H groups in total. The summed E-state index contributed by atoms with van der Waals surface area (Å²) in [6.45, 7) is 8.21. The second kappa shape index (κ2) is 3.88. The van der Waals surface area contributed by atoms with Crippen LogP contribution < -0.4 is 0 Å². The van der Waals surface area contributed by atoms with E-state index in [1.165, 1.54) is 0 Å². The Morgan fingerprint density at radius 3 is 1.67 bits per heavy atom. The molecule has 0 atom stereocenters. The summed E-state index contributed by atoms with van der Waals surface area (Å²) in [5.41, 5.74) is 0. The predicted octanol–water partition coefficient (Wildman–Crippen LogP) is 1.24. The van der Waals surface area contributed by atoms with E-state index < -0.39 is 12.9 Å². The van der Waals surface area contributed by atoms with Gasteiger partial charge in [0, 0.05) is 0 Å². The fraction of sp³-hybridized carbons (Fsp3) is 1.00. The Morgan fingerprint density at radius 1 is 1.25 bits per heavy atom. The first kappa shape index (κ1) is 12.1. The van der Waals surface area contributed by atoms with Gasteiger partial charge in [-0.15, -0.1) is 0 Å². The minimum Gasteiger partial charge on any atom is -0.323 e. The highest BCUT2D eigenvalue weighted by Gasteiger charge is 2.41. The van der Waals surface area contributed by atoms with Crippen LogP contribution >= 0.6 is 7.60 Å². The first-order valence-corrected chi connectivity index (χ1v) is 5.69. The Kier molecular flexibility index (Phi) is 3.91. The van der Waals surface area contributed by atoms with Crippen molar-refractivity contribution in [3.63, 3.8) is 0 Å². The number of hydrogen-bond donors (Lipinski definition) is 2. The van der Waals surface area contributed by atoms with Crippen LogP contribution in [-0.2, 0) is 4.57 Å². The van der Waals surface area contributed by atoms with Gasteiger partial charge in [-0.25, -0.2) is 0 Å². The van der Waals surface area contributed by atoms with E-state index in [1.807, 2.05) is 13.8 Å². The standard InChI is InChI=1S/C7H18NO3P/c1-5-8(6-2)7(3,4)12(9,10)11/h5-6H2,1-4H3,(H2,9,10,11). The van der Waals surface area contributed by atoms with Gasteiger partial charge in [0.15, 0.2) is 0 Å². The zero-order valence-corrected chi connectivity index (χ0v) is 9.01. The fourth-order valence-corrected chi connectivity index (χ4v) is 1.83. The van der Waals surface area contributed by atoms with Crippen LogP contribution in [0, 0.1) is 0 Å². The number of nitrogens with zero attached hydrogens (tertiary/aromatic N) is 1. The van der Waals surface area contributed by atoms with Gasteiger partial charge in [0.2, 0.25) is 0 Å². The lowest BCUT2D eigenvalue weighted by Gasteiger charge is -2.37. The molecular formula is C7H18NO3P. The maximum Gasteiger partial charge on any atom is 0.345 e. The van der Waals surface area contributed by atoms with Crippen molar-refractivity contribution in [3.8, 4) is 0 Å². The van der Waals surface area contributed by atoms with Crippen LogP contribution in [0.25, 0.3) is 0 Å². The average molecular weight is 195 g/mol. The van der Waals surface area contributed by atoms with E-state index >= 15 is 0 Å². The summed E-state index contributed by atoms with van der Waals surface area (Å²) < 4.78 is 11.1. The molecule has 0 saturated heterocycles. The molecule has 4 nitrogen and oxygen atoms in total. The summed E-state index contributed by atoms with van der Waals surface area (Å²) in [6, 6.07) is 0. The third kappa shape index (κ3) is 2.30. The Morgan fingerprint density at radius 2 is 1.58 bits per heavy atom. The molecule has 0 aliphatic rings. The van der Waals surface area contributed by atoms with E-state index in [1.54, 1.807) is 18.7 Å². The van der Waals surface area contributed by atoms with Crippen LogP contribution in [0.5, 0.6) is 0 Å². The van der Waals surface area contributed by atoms with Crippen LogP contribution in [-0.4, -0.2) is 33.1 Å². The molecule has 74 valence electrons. The Balaban J connectivity index is 4.70. The lowest BCUT2D eigenvalue weighted by atomic mass is 10.3. The van der Waals surface area contributed by atoms with Crippen molar-refractivity contribution in [1.29, 1.82) is 0 Å². The van der Waals surface area contributed by atoms with E-state index in [2.05, 4.69) is 0 Å². The molecule has 0 aromatic heterocycles. The molecule has 0 saturated carbocycles. The third-order valence-corrected chi connectivity index (χ3v) is 3.96. The molecule has 0 bridgehead atoms. The van der Waals surface area contributed by atoms with E-state index in [0.717, 1.165) is 0 Å². The lowest BCUT2D eigenvalue weighted by Crippen LogP contribution is -2.43. The second-order valence-corrected chi connectivity index (χ2v) is 5.39. The average Bonchev–Trinajstić information content (AvgIpc) is 1.87. The normalized spacial score (nSPS) is 13.9. The van der Waals surface area contributed by atoms with Crippen molar-refractivity contribution in [1.82, 2.24) is 4.90 Å². The quantitative estimate of drug-likeness (QED) is 0.662. The molecule has 0 radical (unpaired) electrons. The molecule has 0 aromatic rings. The van der Waals surface area contributed by atoms with Crippen LogP contribution in [0.4, 0.5) is 0 Å². The van der Waals surface area contributed by atoms with Gasteiger partial charge < -0.3 is 9.79 Å². The Hall–Kier alpha value is 0.110. The van der Waals surface area contributed by atoms with Gasteiger partial charge in [0.1, 0.15) is 5.28 Å². The molecule has 0 heterocycles. The van der Waals surface area contributed by atoms with Gasteiger partial charge in [-0.05, 0) is 26.9 Å². The molecular weight excluding hydrogens is 177 g/mol. The number of rotatable bonds is 4. The molecule has 0 aliphatic heterocycles. The SMILES string of the molecule is CCN(CC)C(C)(C)P(=O)(O)O. The predicted molar refractivity (Wildman–Crippen MR) is 49.0 cm³/mol. The summed E-state index contributed by atoms with van der Waals surface area (Å²) in [5, 5.41) is -1.05. The molecule has 0 fully saturated rings. The highest BCUT2D eigenvalue weighted by atomic mass is 31.2. The second-order valence-electron chi connectivity index (χ2n) is 3.21. The smallest absolute Gasteiger partial charge is 0.323 e. The van der Waals surface area contributed by atoms with Crippen molar-refractivity contribution in [3.05, 3.63) is 0 Å². The molecule has 0 spiro atoms. The molecule has 5 heteroatoms. The lowest BCUT2D eigenvalue weighted by molar-refractivity contribution is 0.168. The summed E-state index contributed by atoms with van der Waals surface area (Å²) in [4.78, 5) is 19.9. The highest BCUT2D eigenvalue weighted by molar-refractivity contribution is 7.53. The van der Waals surface area contributed by atoms with Gasteiger partial charge in [-0.2, -0.15) is 0 Å². The third-order valence-electron chi connectivity index (χ3n) is 2.25. The topological polar surface area (TPSA) is 60.8 Å². The monoisotopic (exact) mass is 195 g/mol. The molecule has 0 aliphatic carbocycles. The minimum atomic E-state index is -4.03. The maximum absolute atomic E-state index is 11.1. The van der Waals surface area contributed by atoms with Gasteiger partial charge in [-0.3, -0.25) is 9.46 Å². The largest absolute Gasteiger partial charge is 0.345 e. The first-order valence-electron chi connectivity index (χ1n) is 4.08. The van der Waals surface area contributed by atoms with Gasteiger partial charge >= 0.3 is 7.60 Å². The summed E-state index contributed by atoms with van der Waals surface area (Å²) in [5.74, 6) is 0. The van der Waals surface area contributed by atoms with Crippen molar-refractivity contribution in [2.24, 2.45) is 0 Å². The van der Waals surface area contributed by atoms with E-state index in [0.29, 0.717) is 13.1 Å². The van der Waals surface area contributed by atoms with Crippen LogP contribution in [0.2, 0.25) is 0 Å². The fourth-order valence-electron chi connectivity index (χ4n) is 1.18. The van der Waals surface area contributed by atoms with Crippen LogP contribution in [0.15, 0.2) is 0 Å². The minimum absolute atomic E-state index is 0.647. The summed E-state index contributed by atoms with van der Waals surface area (Å²) in [6.07, 6.45) is 0. The maximum atomic E-state index is 11.1. The van der Waals surface area contributed by atoms with Crippen molar-refractivity contribution in [2.45, 2.75) is 33.0 Å². The van der Waals surface area contributed by atoms with Crippen LogP contribution in [0.3, 0.4) is 0 Å². The van der Waals surface area contributed by atoms with Crippen molar-refractivity contribution >= 4 is 7.60 Å². The highest BCUT2D eigenvalue weighted by Crippen LogP contribution is 2.51. The number of hydrogen-bond acceptors (Lipinski definition) is 2.